The molecular weight excluding hydrogens is 248 g/mol. The summed E-state index contributed by atoms with van der Waals surface area (Å²) in [4.78, 5) is 4.60. The number of nitrogens with zero attached hydrogens (tertiary/aromatic N) is 1. The van der Waals surface area contributed by atoms with Gasteiger partial charge in [0.05, 0.1) is 5.69 Å². The zero-order chi connectivity index (χ0) is 12.4. The lowest BCUT2D eigenvalue weighted by Gasteiger charge is -1.99. The third-order valence-electron chi connectivity index (χ3n) is 2.75. The van der Waals surface area contributed by atoms with Gasteiger partial charge in [-0.1, -0.05) is 6.92 Å². The molecule has 1 aromatic heterocycles. The first-order chi connectivity index (χ1) is 8.86. The summed E-state index contributed by atoms with van der Waals surface area (Å²) in [6.07, 6.45) is 0. The van der Waals surface area contributed by atoms with E-state index in [0.717, 1.165) is 40.9 Å². The van der Waals surface area contributed by atoms with Crippen molar-refractivity contribution in [2.45, 2.75) is 13.5 Å². The minimum Gasteiger partial charge on any atom is -0.454 e. The number of aromatic nitrogens is 1. The van der Waals surface area contributed by atoms with Gasteiger partial charge in [0.25, 0.3) is 0 Å². The lowest BCUT2D eigenvalue weighted by Crippen LogP contribution is -2.11. The maximum atomic E-state index is 5.37. The molecule has 0 bridgehead atoms. The Hall–Kier alpha value is -1.59. The molecule has 0 aliphatic carbocycles. The van der Waals surface area contributed by atoms with Crippen molar-refractivity contribution < 1.29 is 9.47 Å². The van der Waals surface area contributed by atoms with Crippen LogP contribution in [0.15, 0.2) is 23.6 Å². The van der Waals surface area contributed by atoms with Crippen LogP contribution in [-0.4, -0.2) is 18.3 Å². The molecule has 3 rings (SSSR count). The zero-order valence-corrected chi connectivity index (χ0v) is 10.9. The topological polar surface area (TPSA) is 43.4 Å². The fourth-order valence-corrected chi connectivity index (χ4v) is 2.59. The number of rotatable bonds is 4. The molecular formula is C13H14N2O2S. The number of ether oxygens (including phenoxy) is 2. The summed E-state index contributed by atoms with van der Waals surface area (Å²) >= 11 is 1.67. The summed E-state index contributed by atoms with van der Waals surface area (Å²) in [5, 5.41) is 6.45. The third kappa shape index (κ3) is 2.19. The van der Waals surface area contributed by atoms with Crippen molar-refractivity contribution in [1.29, 1.82) is 0 Å². The van der Waals surface area contributed by atoms with Crippen molar-refractivity contribution in [2.24, 2.45) is 0 Å². The first-order valence-corrected chi connectivity index (χ1v) is 6.80. The third-order valence-corrected chi connectivity index (χ3v) is 3.60. The fraction of sp³-hybridized carbons (Fsp3) is 0.308. The molecule has 5 heteroatoms. The van der Waals surface area contributed by atoms with Crippen molar-refractivity contribution in [3.05, 3.63) is 28.6 Å². The van der Waals surface area contributed by atoms with Crippen molar-refractivity contribution in [2.75, 3.05) is 13.3 Å². The van der Waals surface area contributed by atoms with Crippen LogP contribution in [0.4, 0.5) is 0 Å². The van der Waals surface area contributed by atoms with E-state index in [1.165, 1.54) is 0 Å². The molecule has 0 amide bonds. The second-order valence-corrected chi connectivity index (χ2v) is 4.92. The van der Waals surface area contributed by atoms with E-state index in [4.69, 9.17) is 9.47 Å². The number of fused-ring (bicyclic) bond motifs is 1. The van der Waals surface area contributed by atoms with E-state index in [-0.39, 0.29) is 0 Å². The smallest absolute Gasteiger partial charge is 0.231 e. The lowest BCUT2D eigenvalue weighted by molar-refractivity contribution is 0.174. The molecule has 0 unspecified atom stereocenters. The van der Waals surface area contributed by atoms with Crippen molar-refractivity contribution in [3.63, 3.8) is 0 Å². The summed E-state index contributed by atoms with van der Waals surface area (Å²) in [6, 6.07) is 5.93. The van der Waals surface area contributed by atoms with E-state index in [9.17, 15) is 0 Å². The van der Waals surface area contributed by atoms with Crippen LogP contribution in [-0.2, 0) is 6.54 Å². The summed E-state index contributed by atoms with van der Waals surface area (Å²) in [7, 11) is 0. The minimum absolute atomic E-state index is 0.307. The molecule has 1 aliphatic heterocycles. The number of hydrogen-bond acceptors (Lipinski definition) is 5. The van der Waals surface area contributed by atoms with Gasteiger partial charge in [0, 0.05) is 17.5 Å². The Balaban J connectivity index is 1.83. The highest BCUT2D eigenvalue weighted by Gasteiger charge is 2.14. The van der Waals surface area contributed by atoms with Gasteiger partial charge in [0.2, 0.25) is 6.79 Å². The van der Waals surface area contributed by atoms with Gasteiger partial charge in [-0.05, 0) is 24.7 Å². The Kier molecular flexibility index (Phi) is 3.17. The van der Waals surface area contributed by atoms with Gasteiger partial charge in [-0.2, -0.15) is 0 Å². The second kappa shape index (κ2) is 4.96. The van der Waals surface area contributed by atoms with Crippen LogP contribution in [0.1, 0.15) is 11.9 Å². The highest BCUT2D eigenvalue weighted by Crippen LogP contribution is 2.36. The van der Waals surface area contributed by atoms with Crippen LogP contribution < -0.4 is 14.8 Å². The predicted molar refractivity (Wildman–Crippen MR) is 71.1 cm³/mol. The standard InChI is InChI=1S/C13H14N2O2S/c1-2-14-6-13-15-10(7-18-13)9-3-4-11-12(5-9)17-8-16-11/h3-5,7,14H,2,6,8H2,1H3. The van der Waals surface area contributed by atoms with Crippen LogP contribution in [0.2, 0.25) is 0 Å². The quantitative estimate of drug-likeness (QED) is 0.920. The second-order valence-electron chi connectivity index (χ2n) is 3.97. The highest BCUT2D eigenvalue weighted by atomic mass is 32.1. The van der Waals surface area contributed by atoms with Gasteiger partial charge >= 0.3 is 0 Å². The fourth-order valence-electron chi connectivity index (χ4n) is 1.81. The van der Waals surface area contributed by atoms with E-state index in [2.05, 4.69) is 22.6 Å². The maximum Gasteiger partial charge on any atom is 0.231 e. The average Bonchev–Trinajstić information content (AvgIpc) is 3.04. The van der Waals surface area contributed by atoms with Gasteiger partial charge < -0.3 is 14.8 Å². The van der Waals surface area contributed by atoms with Crippen molar-refractivity contribution in [1.82, 2.24) is 10.3 Å². The molecule has 0 spiro atoms. The van der Waals surface area contributed by atoms with Gasteiger partial charge in [0.15, 0.2) is 11.5 Å². The molecule has 1 aliphatic rings. The Labute approximate surface area is 110 Å². The normalized spacial score (nSPS) is 12.9. The number of benzene rings is 1. The Bertz CT molecular complexity index is 554. The van der Waals surface area contributed by atoms with Crippen LogP contribution >= 0.6 is 11.3 Å². The number of nitrogens with one attached hydrogen (secondary N) is 1. The molecule has 4 nitrogen and oxygen atoms in total. The summed E-state index contributed by atoms with van der Waals surface area (Å²) in [5.74, 6) is 1.61. The monoisotopic (exact) mass is 262 g/mol. The predicted octanol–water partition coefficient (Wildman–Crippen LogP) is 2.65. The van der Waals surface area contributed by atoms with Crippen LogP contribution in [0.3, 0.4) is 0 Å². The van der Waals surface area contributed by atoms with Crippen LogP contribution in [0.25, 0.3) is 11.3 Å². The average molecular weight is 262 g/mol. The Morgan fingerprint density at radius 2 is 2.22 bits per heavy atom. The van der Waals surface area contributed by atoms with Crippen molar-refractivity contribution >= 4 is 11.3 Å². The summed E-state index contributed by atoms with van der Waals surface area (Å²) in [5.41, 5.74) is 2.06. The summed E-state index contributed by atoms with van der Waals surface area (Å²) < 4.78 is 10.7. The first kappa shape index (κ1) is 11.5. The summed E-state index contributed by atoms with van der Waals surface area (Å²) in [6.45, 7) is 4.18. The first-order valence-electron chi connectivity index (χ1n) is 5.92. The van der Waals surface area contributed by atoms with Gasteiger partial charge in [-0.15, -0.1) is 11.3 Å². The van der Waals surface area contributed by atoms with E-state index in [1.807, 2.05) is 18.2 Å². The molecule has 0 atom stereocenters. The molecule has 18 heavy (non-hydrogen) atoms. The van der Waals surface area contributed by atoms with Gasteiger partial charge in [0.1, 0.15) is 5.01 Å². The van der Waals surface area contributed by atoms with E-state index < -0.39 is 0 Å². The van der Waals surface area contributed by atoms with Gasteiger partial charge in [-0.3, -0.25) is 0 Å². The molecule has 2 heterocycles. The number of thiazole rings is 1. The largest absolute Gasteiger partial charge is 0.454 e. The minimum atomic E-state index is 0.307. The lowest BCUT2D eigenvalue weighted by atomic mass is 10.1. The molecule has 2 aromatic rings. The SMILES string of the molecule is CCNCc1nc(-c2ccc3c(c2)OCO3)cs1. The molecule has 94 valence electrons. The number of hydrogen-bond donors (Lipinski definition) is 1. The van der Waals surface area contributed by atoms with E-state index in [1.54, 1.807) is 11.3 Å². The molecule has 0 radical (unpaired) electrons. The van der Waals surface area contributed by atoms with E-state index >= 15 is 0 Å². The molecule has 1 aromatic carbocycles. The molecule has 0 fully saturated rings. The Morgan fingerprint density at radius 3 is 3.11 bits per heavy atom. The molecule has 0 saturated heterocycles. The Morgan fingerprint density at radius 1 is 1.33 bits per heavy atom. The van der Waals surface area contributed by atoms with Gasteiger partial charge in [-0.25, -0.2) is 4.98 Å². The van der Waals surface area contributed by atoms with Crippen molar-refractivity contribution in [3.8, 4) is 22.8 Å². The van der Waals surface area contributed by atoms with E-state index in [0.29, 0.717) is 6.79 Å². The molecule has 1 N–H and O–H groups in total. The van der Waals surface area contributed by atoms with Crippen LogP contribution in [0.5, 0.6) is 11.5 Å². The highest BCUT2D eigenvalue weighted by molar-refractivity contribution is 7.09. The molecule has 0 saturated carbocycles. The van der Waals surface area contributed by atoms with Crippen LogP contribution in [0, 0.1) is 0 Å². The zero-order valence-electron chi connectivity index (χ0n) is 10.1. The maximum absolute atomic E-state index is 5.37.